The van der Waals surface area contributed by atoms with Crippen LogP contribution in [-0.4, -0.2) is 54.6 Å². The first kappa shape index (κ1) is 27.1. The van der Waals surface area contributed by atoms with E-state index in [4.69, 9.17) is 11.6 Å². The van der Waals surface area contributed by atoms with Crippen molar-refractivity contribution >= 4 is 17.6 Å². The predicted molar refractivity (Wildman–Crippen MR) is 147 cm³/mol. The third kappa shape index (κ3) is 7.53. The fourth-order valence-corrected chi connectivity index (χ4v) is 7.72. The maximum absolute atomic E-state index is 12.5. The average Bonchev–Trinajstić information content (AvgIpc) is 3.43. The second-order valence-electron chi connectivity index (χ2n) is 12.7. The van der Waals surface area contributed by atoms with Crippen LogP contribution in [0.3, 0.4) is 0 Å². The molecular weight excluding hydrogens is 456 g/mol. The normalized spacial score (nSPS) is 34.7. The molecule has 4 aliphatic rings. The summed E-state index contributed by atoms with van der Waals surface area (Å²) >= 11 is 6.14. The van der Waals surface area contributed by atoms with Crippen LogP contribution in [0.2, 0.25) is 0 Å². The van der Waals surface area contributed by atoms with E-state index in [1.807, 2.05) is 0 Å². The third-order valence-corrected chi connectivity index (χ3v) is 9.56. The van der Waals surface area contributed by atoms with Gasteiger partial charge in [-0.1, -0.05) is 20.3 Å². The van der Waals surface area contributed by atoms with Crippen molar-refractivity contribution in [3.05, 3.63) is 11.8 Å². The van der Waals surface area contributed by atoms with Gasteiger partial charge in [0.2, 0.25) is 0 Å². The molecule has 2 aliphatic carbocycles. The van der Waals surface area contributed by atoms with Crippen LogP contribution in [-0.2, 0) is 0 Å². The molecule has 0 aromatic carbocycles. The second-order valence-corrected chi connectivity index (χ2v) is 13.4. The van der Waals surface area contributed by atoms with Gasteiger partial charge < -0.3 is 16.0 Å². The van der Waals surface area contributed by atoms with Crippen LogP contribution in [0.15, 0.2) is 11.8 Å². The fourth-order valence-electron chi connectivity index (χ4n) is 7.59. The van der Waals surface area contributed by atoms with Crippen molar-refractivity contribution in [2.24, 2.45) is 23.2 Å². The van der Waals surface area contributed by atoms with Gasteiger partial charge in [0.15, 0.2) is 0 Å². The van der Waals surface area contributed by atoms with Crippen molar-refractivity contribution in [3.8, 4) is 0 Å². The van der Waals surface area contributed by atoms with E-state index in [-0.39, 0.29) is 11.4 Å². The molecule has 1 spiro atoms. The number of urea groups is 1. The van der Waals surface area contributed by atoms with E-state index >= 15 is 0 Å². The van der Waals surface area contributed by atoms with Gasteiger partial charge in [-0.2, -0.15) is 0 Å². The monoisotopic (exact) mass is 506 g/mol. The van der Waals surface area contributed by atoms with Gasteiger partial charge in [-0.15, -0.1) is 11.6 Å². The minimum atomic E-state index is 0.0305. The third-order valence-electron chi connectivity index (χ3n) is 9.34. The van der Waals surface area contributed by atoms with E-state index in [0.717, 1.165) is 50.6 Å². The van der Waals surface area contributed by atoms with Crippen LogP contribution in [0.1, 0.15) is 97.8 Å². The molecule has 35 heavy (non-hydrogen) atoms. The van der Waals surface area contributed by atoms with Crippen LogP contribution >= 0.6 is 11.6 Å². The molecule has 1 saturated heterocycles. The zero-order chi connectivity index (χ0) is 24.8. The lowest BCUT2D eigenvalue weighted by atomic mass is 9.64. The van der Waals surface area contributed by atoms with Crippen LogP contribution in [0.5, 0.6) is 0 Å². The Morgan fingerprint density at radius 1 is 1.26 bits per heavy atom. The molecule has 200 valence electrons. The zero-order valence-corrected chi connectivity index (χ0v) is 23.3. The Kier molecular flexibility index (Phi) is 9.71. The largest absolute Gasteiger partial charge is 0.391 e. The molecule has 0 aromatic rings. The molecule has 2 saturated carbocycles. The van der Waals surface area contributed by atoms with Crippen molar-refractivity contribution in [1.82, 2.24) is 20.9 Å². The summed E-state index contributed by atoms with van der Waals surface area (Å²) in [5.41, 5.74) is 2.14. The molecule has 2 heterocycles. The van der Waals surface area contributed by atoms with Crippen molar-refractivity contribution in [3.63, 3.8) is 0 Å². The number of rotatable bonds is 11. The highest BCUT2D eigenvalue weighted by molar-refractivity contribution is 6.20. The van der Waals surface area contributed by atoms with Gasteiger partial charge in [-0.05, 0) is 119 Å². The topological polar surface area (TPSA) is 56.4 Å². The standard InChI is InChI=1S/C29H51ClN4O/c1-4-6-23(9-8-22(3)30)18-32-28(35)33-26-15-29(16-26)11-10-24(14-29)20-34-12-5-7-27(34)25-13-21(2)17-31-19-25/h19,21-24,26-27,31H,4-18,20H2,1-3H3,(H2,32,33,35)/t21?,22?,23?,24?,26?,27-,29?/m1/s1. The molecule has 3 fully saturated rings. The van der Waals surface area contributed by atoms with Gasteiger partial charge in [0, 0.05) is 37.1 Å². The lowest BCUT2D eigenvalue weighted by Crippen LogP contribution is -2.53. The van der Waals surface area contributed by atoms with E-state index in [1.165, 1.54) is 64.5 Å². The average molecular weight is 507 g/mol. The quantitative estimate of drug-likeness (QED) is 0.299. The molecular formula is C29H51ClN4O. The molecule has 0 radical (unpaired) electrons. The number of nitrogens with zero attached hydrogens (tertiary/aromatic N) is 1. The smallest absolute Gasteiger partial charge is 0.315 e. The molecule has 5 atom stereocenters. The highest BCUT2D eigenvalue weighted by Gasteiger charge is 2.49. The summed E-state index contributed by atoms with van der Waals surface area (Å²) in [7, 11) is 0. The van der Waals surface area contributed by atoms with E-state index in [1.54, 1.807) is 5.57 Å². The maximum Gasteiger partial charge on any atom is 0.315 e. The summed E-state index contributed by atoms with van der Waals surface area (Å²) < 4.78 is 0. The first-order chi connectivity index (χ1) is 16.9. The molecule has 3 N–H and O–H groups in total. The van der Waals surface area contributed by atoms with E-state index in [9.17, 15) is 4.79 Å². The second kappa shape index (κ2) is 12.5. The summed E-state index contributed by atoms with van der Waals surface area (Å²) in [6.07, 6.45) is 17.1. The van der Waals surface area contributed by atoms with Gasteiger partial charge >= 0.3 is 6.03 Å². The van der Waals surface area contributed by atoms with Gasteiger partial charge in [-0.3, -0.25) is 4.90 Å². The molecule has 0 aromatic heterocycles. The number of likely N-dealkylation sites (tertiary alicyclic amines) is 1. The maximum atomic E-state index is 12.5. The summed E-state index contributed by atoms with van der Waals surface area (Å²) in [4.78, 5) is 15.3. The minimum Gasteiger partial charge on any atom is -0.391 e. The molecule has 0 bridgehead atoms. The number of halogens is 1. The number of hydrogen-bond donors (Lipinski definition) is 3. The Labute approximate surface area is 219 Å². The zero-order valence-electron chi connectivity index (χ0n) is 22.6. The Bertz CT molecular complexity index is 719. The molecule has 4 unspecified atom stereocenters. The minimum absolute atomic E-state index is 0.0305. The number of nitrogens with one attached hydrogen (secondary N) is 3. The van der Waals surface area contributed by atoms with Crippen LogP contribution in [0.25, 0.3) is 0 Å². The summed E-state index contributed by atoms with van der Waals surface area (Å²) in [6.45, 7) is 11.1. The number of carbonyl (C=O) groups excluding carboxylic acids is 1. The first-order valence-corrected chi connectivity index (χ1v) is 15.1. The molecule has 2 amide bonds. The SMILES string of the molecule is CCCC(CCC(C)Cl)CNC(=O)NC1CC2(CCC(CN3CCC[C@@H]3C3=CNCC(C)C3)C2)C1. The summed E-state index contributed by atoms with van der Waals surface area (Å²) in [5, 5.41) is 10.2. The van der Waals surface area contributed by atoms with E-state index in [0.29, 0.717) is 23.4 Å². The number of hydrogen-bond acceptors (Lipinski definition) is 3. The van der Waals surface area contributed by atoms with Crippen molar-refractivity contribution in [2.75, 3.05) is 26.2 Å². The van der Waals surface area contributed by atoms with E-state index < -0.39 is 0 Å². The van der Waals surface area contributed by atoms with E-state index in [2.05, 4.69) is 47.8 Å². The van der Waals surface area contributed by atoms with Crippen molar-refractivity contribution in [1.29, 1.82) is 0 Å². The Morgan fingerprint density at radius 2 is 2.09 bits per heavy atom. The van der Waals surface area contributed by atoms with Crippen LogP contribution < -0.4 is 16.0 Å². The molecule has 5 nitrogen and oxygen atoms in total. The Hall–Kier alpha value is -0.940. The lowest BCUT2D eigenvalue weighted by Gasteiger charge is -2.46. The lowest BCUT2D eigenvalue weighted by molar-refractivity contribution is 0.0856. The van der Waals surface area contributed by atoms with Gasteiger partial charge in [0.05, 0.1) is 0 Å². The molecule has 2 aliphatic heterocycles. The highest BCUT2D eigenvalue weighted by atomic mass is 35.5. The van der Waals surface area contributed by atoms with Crippen LogP contribution in [0, 0.1) is 23.2 Å². The number of carbonyl (C=O) groups is 1. The highest BCUT2D eigenvalue weighted by Crippen LogP contribution is 2.55. The van der Waals surface area contributed by atoms with Crippen LogP contribution in [0.4, 0.5) is 4.79 Å². The molecule has 4 rings (SSSR count). The Morgan fingerprint density at radius 3 is 2.83 bits per heavy atom. The summed E-state index contributed by atoms with van der Waals surface area (Å²) in [5.74, 6) is 2.13. The van der Waals surface area contributed by atoms with Gasteiger partial charge in [-0.25, -0.2) is 4.79 Å². The van der Waals surface area contributed by atoms with Crippen molar-refractivity contribution in [2.45, 2.75) is 115 Å². The fraction of sp³-hybridized carbons (Fsp3) is 0.897. The number of alkyl halides is 1. The van der Waals surface area contributed by atoms with Gasteiger partial charge in [0.25, 0.3) is 0 Å². The first-order valence-electron chi connectivity index (χ1n) is 14.7. The summed E-state index contributed by atoms with van der Waals surface area (Å²) in [6, 6.07) is 1.06. The number of amides is 2. The Balaban J connectivity index is 1.16. The van der Waals surface area contributed by atoms with Gasteiger partial charge in [0.1, 0.15) is 0 Å². The van der Waals surface area contributed by atoms with Crippen molar-refractivity contribution < 1.29 is 4.79 Å². The molecule has 6 heteroatoms. The predicted octanol–water partition coefficient (Wildman–Crippen LogP) is 6.04.